The molecule has 1 atom stereocenters. The molecule has 0 aliphatic carbocycles. The van der Waals surface area contributed by atoms with E-state index in [-0.39, 0.29) is 23.0 Å². The lowest BCUT2D eigenvalue weighted by Gasteiger charge is -2.56. The monoisotopic (exact) mass is 676 g/mol. The van der Waals surface area contributed by atoms with Crippen LogP contribution in [0.15, 0.2) is 4.99 Å². The number of piperidine rings is 2. The topological polar surface area (TPSA) is 84.4 Å². The smallest absolute Gasteiger partial charge is 0.219 e. The van der Waals surface area contributed by atoms with E-state index in [1.807, 2.05) is 18.7 Å². The molecule has 3 aliphatic rings. The van der Waals surface area contributed by atoms with Gasteiger partial charge in [0.05, 0.1) is 13.2 Å². The van der Waals surface area contributed by atoms with Gasteiger partial charge in [0.1, 0.15) is 5.84 Å². The zero-order valence-electron chi connectivity index (χ0n) is 34.5. The second-order valence-corrected chi connectivity index (χ2v) is 18.7. The normalized spacial score (nSPS) is 24.5. The van der Waals surface area contributed by atoms with Crippen LogP contribution < -0.4 is 5.73 Å². The summed E-state index contributed by atoms with van der Waals surface area (Å²) < 4.78 is 5.18. The minimum absolute atomic E-state index is 0.191. The van der Waals surface area contributed by atoms with Gasteiger partial charge in [-0.05, 0) is 134 Å². The fraction of sp³-hybridized carbons (Fsp3) is 0.950. The first-order valence-electron chi connectivity index (χ1n) is 19.5. The summed E-state index contributed by atoms with van der Waals surface area (Å²) in [6, 6.07) is 1.34. The molecule has 3 N–H and O–H groups in total. The minimum Gasteiger partial charge on any atom is -0.387 e. The summed E-state index contributed by atoms with van der Waals surface area (Å²) >= 11 is 0. The predicted octanol–water partition coefficient (Wildman–Crippen LogP) is 8.10. The molecule has 282 valence electrons. The molecule has 3 aliphatic heterocycles. The largest absolute Gasteiger partial charge is 0.387 e. The summed E-state index contributed by atoms with van der Waals surface area (Å²) in [6.45, 7) is 34.9. The van der Waals surface area contributed by atoms with Gasteiger partial charge >= 0.3 is 0 Å². The van der Waals surface area contributed by atoms with Crippen molar-refractivity contribution in [3.63, 3.8) is 0 Å². The Balaban J connectivity index is 0.000000476. The Labute approximate surface area is 298 Å². The lowest BCUT2D eigenvalue weighted by molar-refractivity contribution is -0.0541. The van der Waals surface area contributed by atoms with Crippen LogP contribution in [0.3, 0.4) is 0 Å². The third-order valence-electron chi connectivity index (χ3n) is 12.5. The zero-order valence-corrected chi connectivity index (χ0v) is 34.5. The van der Waals surface area contributed by atoms with E-state index < -0.39 is 0 Å². The van der Waals surface area contributed by atoms with Crippen LogP contribution in [0.4, 0.5) is 0 Å². The summed E-state index contributed by atoms with van der Waals surface area (Å²) in [7, 11) is 4.65. The van der Waals surface area contributed by atoms with E-state index in [4.69, 9.17) is 15.9 Å². The van der Waals surface area contributed by atoms with Crippen LogP contribution in [0, 0.1) is 23.2 Å². The van der Waals surface area contributed by atoms with E-state index in [1.54, 1.807) is 0 Å². The molecule has 8 heteroatoms. The number of ether oxygens (including phenoxy) is 1. The van der Waals surface area contributed by atoms with Crippen molar-refractivity contribution < 1.29 is 4.74 Å². The van der Waals surface area contributed by atoms with Gasteiger partial charge in [0.2, 0.25) is 5.96 Å². The molecule has 48 heavy (non-hydrogen) atoms. The second kappa shape index (κ2) is 17.8. The third kappa shape index (κ3) is 12.2. The van der Waals surface area contributed by atoms with Crippen molar-refractivity contribution >= 4 is 11.8 Å². The Morgan fingerprint density at radius 3 is 1.69 bits per heavy atom. The van der Waals surface area contributed by atoms with Gasteiger partial charge < -0.3 is 15.4 Å². The number of rotatable bonds is 11. The van der Waals surface area contributed by atoms with Gasteiger partial charge in [0.25, 0.3) is 0 Å². The van der Waals surface area contributed by atoms with E-state index in [2.05, 4.69) is 110 Å². The standard InChI is InChI=1S/C31H63N3.C9H18N4O/c1-24(2)34(27-22-30(8,9)33(13)31(10,11)23-27)19-17-15-14-16-18-25(3)26-20-28(4,5)32(12)29(6,7)21-26;1-7(2)8(10)12-9(11)13-3-5-14-6-4-13/h24-27H,14-23H2,1-13H3;7H,3-6H2,1-2H3,(H3,10,11,12). The van der Waals surface area contributed by atoms with Crippen molar-refractivity contribution in [1.82, 2.24) is 19.6 Å². The molecule has 0 aromatic heterocycles. The SMILES string of the molecule is CC(C)/C(N)=N/C(=N)N1CCOCC1.CC(CCCCCCN(C(C)C)C1CC(C)(C)N(C)C(C)(C)C1)C1CC(C)(C)N(C)C(C)(C)C1. The molecule has 1 unspecified atom stereocenters. The van der Waals surface area contributed by atoms with Crippen molar-refractivity contribution in [2.24, 2.45) is 28.5 Å². The van der Waals surface area contributed by atoms with Gasteiger partial charge in [0.15, 0.2) is 0 Å². The quantitative estimate of drug-likeness (QED) is 0.131. The maximum atomic E-state index is 7.71. The molecule has 0 aromatic rings. The maximum absolute atomic E-state index is 7.71. The van der Waals surface area contributed by atoms with Crippen LogP contribution in [0.1, 0.15) is 148 Å². The van der Waals surface area contributed by atoms with E-state index in [9.17, 15) is 0 Å². The Bertz CT molecular complexity index is 975. The number of likely N-dealkylation sites (tertiary alicyclic amines) is 2. The lowest BCUT2D eigenvalue weighted by Crippen LogP contribution is -2.63. The van der Waals surface area contributed by atoms with Crippen LogP contribution in [-0.4, -0.2) is 113 Å². The fourth-order valence-electron chi connectivity index (χ4n) is 8.71. The number of nitrogens with zero attached hydrogens (tertiary/aromatic N) is 5. The molecule has 0 radical (unpaired) electrons. The van der Waals surface area contributed by atoms with Crippen LogP contribution >= 0.6 is 0 Å². The van der Waals surface area contributed by atoms with E-state index in [1.165, 1.54) is 64.3 Å². The van der Waals surface area contributed by atoms with Crippen molar-refractivity contribution in [2.75, 3.05) is 46.9 Å². The number of nitrogens with two attached hydrogens (primary N) is 1. The van der Waals surface area contributed by atoms with E-state index in [0.29, 0.717) is 42.2 Å². The lowest BCUT2D eigenvalue weighted by atomic mass is 9.69. The number of unbranched alkanes of at least 4 members (excludes halogenated alkanes) is 3. The van der Waals surface area contributed by atoms with Crippen molar-refractivity contribution in [2.45, 2.75) is 182 Å². The summed E-state index contributed by atoms with van der Waals surface area (Å²) in [5.41, 5.74) is 6.85. The Morgan fingerprint density at radius 2 is 1.23 bits per heavy atom. The number of guanidine groups is 1. The molecule has 3 heterocycles. The molecule has 0 bridgehead atoms. The van der Waals surface area contributed by atoms with E-state index in [0.717, 1.165) is 24.9 Å². The van der Waals surface area contributed by atoms with Gasteiger partial charge in [-0.3, -0.25) is 20.1 Å². The number of hydrogen-bond acceptors (Lipinski definition) is 5. The van der Waals surface area contributed by atoms with Crippen molar-refractivity contribution in [3.05, 3.63) is 0 Å². The number of amidine groups is 1. The second-order valence-electron chi connectivity index (χ2n) is 18.7. The molecule has 0 spiro atoms. The first kappa shape index (κ1) is 42.9. The highest BCUT2D eigenvalue weighted by Gasteiger charge is 2.45. The maximum Gasteiger partial charge on any atom is 0.219 e. The van der Waals surface area contributed by atoms with Gasteiger partial charge in [-0.2, -0.15) is 0 Å². The average Bonchev–Trinajstić information content (AvgIpc) is 2.97. The van der Waals surface area contributed by atoms with E-state index >= 15 is 0 Å². The summed E-state index contributed by atoms with van der Waals surface area (Å²) in [6.07, 6.45) is 12.2. The molecule has 0 amide bonds. The number of hydrogen-bond donors (Lipinski definition) is 2. The van der Waals surface area contributed by atoms with Crippen LogP contribution in [0.25, 0.3) is 0 Å². The molecular weight excluding hydrogens is 594 g/mol. The minimum atomic E-state index is 0.191. The fourth-order valence-corrected chi connectivity index (χ4v) is 8.71. The van der Waals surface area contributed by atoms with Gasteiger partial charge in [0, 0.05) is 53.2 Å². The number of nitrogens with one attached hydrogen (secondary N) is 1. The molecule has 0 aromatic carbocycles. The Kier molecular flexibility index (Phi) is 15.9. The van der Waals surface area contributed by atoms with Gasteiger partial charge in [-0.15, -0.1) is 0 Å². The Hall–Kier alpha value is -1.22. The summed E-state index contributed by atoms with van der Waals surface area (Å²) in [5, 5.41) is 7.71. The zero-order chi connectivity index (χ0) is 36.7. The Morgan fingerprint density at radius 1 is 0.771 bits per heavy atom. The summed E-state index contributed by atoms with van der Waals surface area (Å²) in [4.78, 5) is 14.0. The molecule has 8 nitrogen and oxygen atoms in total. The highest BCUT2D eigenvalue weighted by Crippen LogP contribution is 2.44. The van der Waals surface area contributed by atoms with Crippen molar-refractivity contribution in [1.29, 1.82) is 5.41 Å². The number of aliphatic imine (C=N–C) groups is 1. The first-order valence-corrected chi connectivity index (χ1v) is 19.5. The molecule has 3 rings (SSSR count). The average molecular weight is 676 g/mol. The van der Waals surface area contributed by atoms with Crippen LogP contribution in [0.5, 0.6) is 0 Å². The molecule has 3 fully saturated rings. The van der Waals surface area contributed by atoms with Crippen molar-refractivity contribution in [3.8, 4) is 0 Å². The van der Waals surface area contributed by atoms with Gasteiger partial charge in [-0.1, -0.05) is 46.5 Å². The third-order valence-corrected chi connectivity index (χ3v) is 12.5. The highest BCUT2D eigenvalue weighted by molar-refractivity contribution is 5.94. The van der Waals surface area contributed by atoms with Crippen LogP contribution in [-0.2, 0) is 4.74 Å². The summed E-state index contributed by atoms with van der Waals surface area (Å²) in [5.74, 6) is 2.68. The first-order chi connectivity index (χ1) is 22.0. The van der Waals surface area contributed by atoms with Crippen LogP contribution in [0.2, 0.25) is 0 Å². The molecule has 3 saturated heterocycles. The predicted molar refractivity (Wildman–Crippen MR) is 208 cm³/mol. The van der Waals surface area contributed by atoms with Gasteiger partial charge in [-0.25, -0.2) is 4.99 Å². The molecular formula is C40H81N7O. The number of morpholine rings is 1. The highest BCUT2D eigenvalue weighted by atomic mass is 16.5. The molecule has 0 saturated carbocycles.